The Morgan fingerprint density at radius 1 is 1.48 bits per heavy atom. The summed E-state index contributed by atoms with van der Waals surface area (Å²) in [5.41, 5.74) is 5.85. The second-order valence-electron chi connectivity index (χ2n) is 5.60. The van der Waals surface area contributed by atoms with E-state index in [0.717, 1.165) is 31.8 Å². The van der Waals surface area contributed by atoms with Crippen LogP contribution < -0.4 is 5.73 Å². The zero-order valence-electron chi connectivity index (χ0n) is 12.9. The summed E-state index contributed by atoms with van der Waals surface area (Å²) >= 11 is 0. The summed E-state index contributed by atoms with van der Waals surface area (Å²) in [6.07, 6.45) is 5.93. The molecule has 21 heavy (non-hydrogen) atoms. The maximum atomic E-state index is 12.4. The van der Waals surface area contributed by atoms with E-state index in [1.807, 2.05) is 31.9 Å². The summed E-state index contributed by atoms with van der Waals surface area (Å²) in [5.74, 6) is 1.08. The number of carbonyl (C=O) groups is 1. The molecule has 1 amide bonds. The molecule has 3 atom stereocenters. The van der Waals surface area contributed by atoms with E-state index in [1.54, 1.807) is 6.20 Å². The first-order valence-corrected chi connectivity index (χ1v) is 7.04. The van der Waals surface area contributed by atoms with Gasteiger partial charge in [-0.3, -0.25) is 4.79 Å². The Balaban J connectivity index is 0.00000200. The van der Waals surface area contributed by atoms with Crippen LogP contribution in [0.5, 0.6) is 0 Å². The maximum absolute atomic E-state index is 12.4. The Kier molecular flexibility index (Phi) is 8.29. The van der Waals surface area contributed by atoms with E-state index < -0.39 is 0 Å². The lowest BCUT2D eigenvalue weighted by atomic mass is 10.0. The molecule has 7 heteroatoms. The molecule has 2 rings (SSSR count). The molecule has 1 saturated heterocycles. The molecular weight excluding hydrogens is 311 g/mol. The number of rotatable bonds is 4. The van der Waals surface area contributed by atoms with Gasteiger partial charge in [0.2, 0.25) is 5.91 Å². The predicted molar refractivity (Wildman–Crippen MR) is 89.0 cm³/mol. The summed E-state index contributed by atoms with van der Waals surface area (Å²) in [6.45, 7) is 7.50. The van der Waals surface area contributed by atoms with Crippen LogP contribution in [0.1, 0.15) is 32.5 Å². The van der Waals surface area contributed by atoms with Crippen molar-refractivity contribution in [3.05, 3.63) is 18.2 Å². The van der Waals surface area contributed by atoms with Crippen LogP contribution in [0.2, 0.25) is 0 Å². The van der Waals surface area contributed by atoms with Gasteiger partial charge in [0.15, 0.2) is 0 Å². The Bertz CT molecular complexity index is 450. The molecule has 2 N–H and O–H groups in total. The number of likely N-dealkylation sites (tertiary alicyclic amines) is 1. The number of aromatic nitrogens is 2. The third kappa shape index (κ3) is 4.59. The second kappa shape index (κ2) is 8.61. The predicted octanol–water partition coefficient (Wildman–Crippen LogP) is 2.01. The number of amides is 1. The summed E-state index contributed by atoms with van der Waals surface area (Å²) in [5, 5.41) is 0. The first-order valence-electron chi connectivity index (χ1n) is 7.04. The molecule has 0 radical (unpaired) electrons. The fourth-order valence-corrected chi connectivity index (χ4v) is 2.63. The fraction of sp³-hybridized carbons (Fsp3) is 0.714. The Morgan fingerprint density at radius 3 is 2.67 bits per heavy atom. The monoisotopic (exact) mass is 336 g/mol. The lowest BCUT2D eigenvalue weighted by Gasteiger charge is -2.29. The van der Waals surface area contributed by atoms with Crippen LogP contribution in [0.3, 0.4) is 0 Å². The van der Waals surface area contributed by atoms with Gasteiger partial charge < -0.3 is 15.2 Å². The normalized spacial score (nSPS) is 20.4. The van der Waals surface area contributed by atoms with Crippen LogP contribution in [0.15, 0.2) is 12.4 Å². The van der Waals surface area contributed by atoms with Gasteiger partial charge in [-0.25, -0.2) is 4.98 Å². The van der Waals surface area contributed by atoms with Crippen LogP contribution >= 0.6 is 24.8 Å². The minimum atomic E-state index is -0.107. The van der Waals surface area contributed by atoms with Crippen molar-refractivity contribution in [2.45, 2.75) is 52.2 Å². The van der Waals surface area contributed by atoms with E-state index in [9.17, 15) is 4.79 Å². The van der Waals surface area contributed by atoms with E-state index >= 15 is 0 Å². The molecule has 0 aromatic carbocycles. The molecule has 1 aromatic heterocycles. The highest BCUT2D eigenvalue weighted by Crippen LogP contribution is 2.22. The first-order chi connectivity index (χ1) is 9.00. The summed E-state index contributed by atoms with van der Waals surface area (Å²) in [6, 6.07) is 0.185. The van der Waals surface area contributed by atoms with Crippen molar-refractivity contribution < 1.29 is 4.79 Å². The summed E-state index contributed by atoms with van der Waals surface area (Å²) in [7, 11) is 0. The molecule has 3 unspecified atom stereocenters. The standard InChI is InChI=1S/C14H24N4O.2ClH/c1-10(11(2)15)14(19)18-7-4-5-13(18)9-17-8-6-16-12(17)3;;/h6,8,10-11,13H,4-5,7,9,15H2,1-3H3;2*1H. The number of hydrogen-bond acceptors (Lipinski definition) is 3. The minimum absolute atomic E-state index is 0. The fourth-order valence-electron chi connectivity index (χ4n) is 2.63. The van der Waals surface area contributed by atoms with Crippen LogP contribution in [-0.2, 0) is 11.3 Å². The molecular formula is C14H26Cl2N4O. The van der Waals surface area contributed by atoms with Gasteiger partial charge in [0, 0.05) is 37.6 Å². The highest BCUT2D eigenvalue weighted by atomic mass is 35.5. The topological polar surface area (TPSA) is 64.2 Å². The zero-order valence-corrected chi connectivity index (χ0v) is 14.5. The Labute approximate surface area is 139 Å². The van der Waals surface area contributed by atoms with Crippen LogP contribution in [-0.4, -0.2) is 39.0 Å². The molecule has 5 nitrogen and oxygen atoms in total. The van der Waals surface area contributed by atoms with Gasteiger partial charge in [0.1, 0.15) is 5.82 Å². The number of carbonyl (C=O) groups excluding carboxylic acids is 1. The van der Waals surface area contributed by atoms with Crippen molar-refractivity contribution in [1.29, 1.82) is 0 Å². The molecule has 1 fully saturated rings. The number of nitrogens with two attached hydrogens (primary N) is 1. The van der Waals surface area contributed by atoms with Crippen LogP contribution in [0, 0.1) is 12.8 Å². The Morgan fingerprint density at radius 2 is 2.14 bits per heavy atom. The quantitative estimate of drug-likeness (QED) is 0.914. The molecule has 1 aliphatic heterocycles. The molecule has 0 aliphatic carbocycles. The van der Waals surface area contributed by atoms with Gasteiger partial charge >= 0.3 is 0 Å². The number of nitrogens with zero attached hydrogens (tertiary/aromatic N) is 3. The Hall–Kier alpha value is -0.780. The zero-order chi connectivity index (χ0) is 14.0. The smallest absolute Gasteiger partial charge is 0.227 e. The van der Waals surface area contributed by atoms with Gasteiger partial charge in [-0.1, -0.05) is 6.92 Å². The SMILES string of the molecule is Cc1nccn1CC1CCCN1C(=O)C(C)C(C)N.Cl.Cl. The number of halogens is 2. The van der Waals surface area contributed by atoms with Gasteiger partial charge in [-0.2, -0.15) is 0 Å². The van der Waals surface area contributed by atoms with E-state index in [0.29, 0.717) is 0 Å². The van der Waals surface area contributed by atoms with Crippen LogP contribution in [0.4, 0.5) is 0 Å². The average molecular weight is 337 g/mol. The van der Waals surface area contributed by atoms with Crippen molar-refractivity contribution in [3.8, 4) is 0 Å². The van der Waals surface area contributed by atoms with E-state index in [-0.39, 0.29) is 48.7 Å². The molecule has 2 heterocycles. The van der Waals surface area contributed by atoms with Gasteiger partial charge in [0.25, 0.3) is 0 Å². The van der Waals surface area contributed by atoms with E-state index in [4.69, 9.17) is 5.73 Å². The van der Waals surface area contributed by atoms with E-state index in [2.05, 4.69) is 9.55 Å². The van der Waals surface area contributed by atoms with Gasteiger partial charge in [-0.05, 0) is 26.7 Å². The lowest BCUT2D eigenvalue weighted by Crippen LogP contribution is -2.45. The summed E-state index contributed by atoms with van der Waals surface area (Å²) < 4.78 is 2.12. The van der Waals surface area contributed by atoms with Crippen molar-refractivity contribution in [3.63, 3.8) is 0 Å². The van der Waals surface area contributed by atoms with Crippen molar-refractivity contribution in [2.24, 2.45) is 11.7 Å². The van der Waals surface area contributed by atoms with E-state index in [1.165, 1.54) is 0 Å². The maximum Gasteiger partial charge on any atom is 0.227 e. The molecule has 0 spiro atoms. The highest BCUT2D eigenvalue weighted by molar-refractivity contribution is 5.85. The molecule has 1 aliphatic rings. The van der Waals surface area contributed by atoms with Crippen molar-refractivity contribution in [2.75, 3.05) is 6.54 Å². The number of hydrogen-bond donors (Lipinski definition) is 1. The lowest BCUT2D eigenvalue weighted by molar-refractivity contribution is -0.136. The second-order valence-corrected chi connectivity index (χ2v) is 5.60. The third-order valence-electron chi connectivity index (χ3n) is 4.17. The molecule has 0 saturated carbocycles. The number of aryl methyl sites for hydroxylation is 1. The third-order valence-corrected chi connectivity index (χ3v) is 4.17. The van der Waals surface area contributed by atoms with Crippen molar-refractivity contribution >= 4 is 30.7 Å². The highest BCUT2D eigenvalue weighted by Gasteiger charge is 2.32. The molecule has 122 valence electrons. The van der Waals surface area contributed by atoms with Crippen molar-refractivity contribution in [1.82, 2.24) is 14.5 Å². The largest absolute Gasteiger partial charge is 0.338 e. The summed E-state index contributed by atoms with van der Waals surface area (Å²) in [4.78, 5) is 18.7. The number of imidazole rings is 1. The minimum Gasteiger partial charge on any atom is -0.338 e. The molecule has 0 bridgehead atoms. The molecule has 1 aromatic rings. The average Bonchev–Trinajstić information content (AvgIpc) is 2.98. The first kappa shape index (κ1) is 20.2. The van der Waals surface area contributed by atoms with Crippen LogP contribution in [0.25, 0.3) is 0 Å². The van der Waals surface area contributed by atoms with Gasteiger partial charge in [0.05, 0.1) is 5.92 Å². The van der Waals surface area contributed by atoms with Gasteiger partial charge in [-0.15, -0.1) is 24.8 Å².